The first-order valence-corrected chi connectivity index (χ1v) is 7.59. The molecule has 0 atom stereocenters. The topological polar surface area (TPSA) is 65.7 Å². The number of rotatable bonds is 3. The number of hydrogen-bond acceptors (Lipinski definition) is 5. The lowest BCUT2D eigenvalue weighted by Crippen LogP contribution is -2.21. The number of ether oxygens (including phenoxy) is 2. The number of esters is 1. The molecule has 0 spiro atoms. The third kappa shape index (κ3) is 3.22. The average molecular weight is 325 g/mol. The van der Waals surface area contributed by atoms with E-state index >= 15 is 0 Å². The predicted molar refractivity (Wildman–Crippen MR) is 90.8 cm³/mol. The summed E-state index contributed by atoms with van der Waals surface area (Å²) in [5, 5.41) is 4.31. The zero-order valence-corrected chi connectivity index (χ0v) is 14.1. The molecule has 0 bridgehead atoms. The minimum atomic E-state index is -0.476. The maximum Gasteiger partial charge on any atom is 0.363 e. The van der Waals surface area contributed by atoms with Crippen molar-refractivity contribution in [1.82, 2.24) is 9.78 Å². The van der Waals surface area contributed by atoms with Gasteiger partial charge in [-0.25, -0.2) is 9.79 Å². The van der Waals surface area contributed by atoms with Crippen LogP contribution in [0.3, 0.4) is 0 Å². The van der Waals surface area contributed by atoms with E-state index in [1.54, 1.807) is 25.4 Å². The lowest BCUT2D eigenvalue weighted by atomic mass is 10.1. The number of nitrogens with zero attached hydrogens (tertiary/aromatic N) is 3. The first kappa shape index (κ1) is 16.0. The highest BCUT2D eigenvalue weighted by Crippen LogP contribution is 2.22. The molecule has 0 fully saturated rings. The molecule has 0 amide bonds. The first-order chi connectivity index (χ1) is 11.4. The summed E-state index contributed by atoms with van der Waals surface area (Å²) in [6.07, 6.45) is 5.24. The Labute approximate surface area is 140 Å². The summed E-state index contributed by atoms with van der Waals surface area (Å²) in [4.78, 5) is 16.4. The molecule has 0 unspecified atom stereocenters. The molecule has 2 heterocycles. The van der Waals surface area contributed by atoms with Gasteiger partial charge in [-0.05, 0) is 45.0 Å². The van der Waals surface area contributed by atoms with E-state index < -0.39 is 5.97 Å². The minimum absolute atomic E-state index is 0.123. The Hall–Kier alpha value is -2.89. The number of hydrogen-bond donors (Lipinski definition) is 0. The van der Waals surface area contributed by atoms with Crippen LogP contribution in [0.5, 0.6) is 5.75 Å². The second-order valence-corrected chi connectivity index (χ2v) is 6.46. The van der Waals surface area contributed by atoms with Crippen molar-refractivity contribution in [3.8, 4) is 5.75 Å². The lowest BCUT2D eigenvalue weighted by molar-refractivity contribution is -0.129. The summed E-state index contributed by atoms with van der Waals surface area (Å²) in [6.45, 7) is 6.17. The summed E-state index contributed by atoms with van der Waals surface area (Å²) in [5.41, 5.74) is 1.62. The molecule has 0 N–H and O–H groups in total. The van der Waals surface area contributed by atoms with Crippen LogP contribution in [-0.2, 0) is 15.1 Å². The molecular weight excluding hydrogens is 306 g/mol. The highest BCUT2D eigenvalue weighted by atomic mass is 16.6. The Morgan fingerprint density at radius 3 is 2.75 bits per heavy atom. The number of aliphatic imine (C=N–C) groups is 1. The van der Waals surface area contributed by atoms with E-state index in [9.17, 15) is 4.79 Å². The van der Waals surface area contributed by atoms with Crippen LogP contribution >= 0.6 is 0 Å². The van der Waals surface area contributed by atoms with Gasteiger partial charge in [0.05, 0.1) is 18.8 Å². The zero-order chi connectivity index (χ0) is 17.3. The van der Waals surface area contributed by atoms with Crippen LogP contribution in [0.25, 0.3) is 6.08 Å². The van der Waals surface area contributed by atoms with Crippen molar-refractivity contribution >= 4 is 17.9 Å². The SMILES string of the molecule is COc1cccc(C2=N/C(=C\c3cnn(C(C)(C)C)c3)C(=O)O2)c1. The number of aromatic nitrogens is 2. The van der Waals surface area contributed by atoms with Crippen molar-refractivity contribution in [1.29, 1.82) is 0 Å². The predicted octanol–water partition coefficient (Wildman–Crippen LogP) is 2.99. The van der Waals surface area contributed by atoms with Gasteiger partial charge < -0.3 is 9.47 Å². The molecule has 1 aliphatic heterocycles. The van der Waals surface area contributed by atoms with Crippen LogP contribution in [0, 0.1) is 0 Å². The summed E-state index contributed by atoms with van der Waals surface area (Å²) < 4.78 is 12.3. The molecule has 6 heteroatoms. The van der Waals surface area contributed by atoms with E-state index in [1.165, 1.54) is 0 Å². The molecule has 0 saturated carbocycles. The van der Waals surface area contributed by atoms with E-state index in [4.69, 9.17) is 9.47 Å². The van der Waals surface area contributed by atoms with Gasteiger partial charge in [0.2, 0.25) is 5.90 Å². The van der Waals surface area contributed by atoms with Gasteiger partial charge in [-0.1, -0.05) is 6.07 Å². The fraction of sp³-hybridized carbons (Fsp3) is 0.278. The van der Waals surface area contributed by atoms with Crippen LogP contribution in [0.15, 0.2) is 47.3 Å². The van der Waals surface area contributed by atoms with Crippen LogP contribution in [0.4, 0.5) is 0 Å². The Bertz CT molecular complexity index is 841. The maximum atomic E-state index is 12.1. The summed E-state index contributed by atoms with van der Waals surface area (Å²) in [7, 11) is 1.58. The smallest absolute Gasteiger partial charge is 0.363 e. The molecule has 0 radical (unpaired) electrons. The highest BCUT2D eigenvalue weighted by molar-refractivity contribution is 6.12. The molecule has 0 saturated heterocycles. The number of carbonyl (C=O) groups is 1. The third-order valence-electron chi connectivity index (χ3n) is 3.53. The lowest BCUT2D eigenvalue weighted by Gasteiger charge is -2.18. The molecule has 1 aromatic carbocycles. The van der Waals surface area contributed by atoms with Gasteiger partial charge in [-0.15, -0.1) is 0 Å². The second kappa shape index (κ2) is 5.96. The van der Waals surface area contributed by atoms with Crippen LogP contribution in [-0.4, -0.2) is 28.8 Å². The Balaban J connectivity index is 1.90. The van der Waals surface area contributed by atoms with Crippen molar-refractivity contribution in [3.63, 3.8) is 0 Å². The van der Waals surface area contributed by atoms with E-state index in [0.717, 1.165) is 5.56 Å². The molecule has 1 aliphatic rings. The molecule has 6 nitrogen and oxygen atoms in total. The first-order valence-electron chi connectivity index (χ1n) is 7.59. The normalized spacial score (nSPS) is 16.2. The highest BCUT2D eigenvalue weighted by Gasteiger charge is 2.24. The number of cyclic esters (lactones) is 1. The van der Waals surface area contributed by atoms with E-state index in [-0.39, 0.29) is 17.1 Å². The minimum Gasteiger partial charge on any atom is -0.497 e. The fourth-order valence-corrected chi connectivity index (χ4v) is 2.22. The van der Waals surface area contributed by atoms with E-state index in [1.807, 2.05) is 29.1 Å². The molecule has 3 rings (SSSR count). The van der Waals surface area contributed by atoms with Crippen molar-refractivity contribution in [2.24, 2.45) is 4.99 Å². The van der Waals surface area contributed by atoms with Gasteiger partial charge in [0.25, 0.3) is 0 Å². The largest absolute Gasteiger partial charge is 0.497 e. The summed E-state index contributed by atoms with van der Waals surface area (Å²) in [6, 6.07) is 7.22. The Morgan fingerprint density at radius 1 is 1.29 bits per heavy atom. The van der Waals surface area contributed by atoms with Crippen molar-refractivity contribution in [2.75, 3.05) is 7.11 Å². The van der Waals surface area contributed by atoms with Crippen molar-refractivity contribution in [3.05, 3.63) is 53.5 Å². The van der Waals surface area contributed by atoms with Crippen LogP contribution in [0.1, 0.15) is 31.9 Å². The monoisotopic (exact) mass is 325 g/mol. The molecule has 1 aromatic heterocycles. The van der Waals surface area contributed by atoms with Crippen molar-refractivity contribution in [2.45, 2.75) is 26.3 Å². The molecule has 124 valence electrons. The second-order valence-electron chi connectivity index (χ2n) is 6.46. The average Bonchev–Trinajstić information content (AvgIpc) is 3.15. The van der Waals surface area contributed by atoms with Crippen LogP contribution < -0.4 is 4.74 Å². The molecule has 0 aliphatic carbocycles. The van der Waals surface area contributed by atoms with Crippen molar-refractivity contribution < 1.29 is 14.3 Å². The summed E-state index contributed by atoms with van der Waals surface area (Å²) >= 11 is 0. The van der Waals surface area contributed by atoms with Gasteiger partial charge in [0, 0.05) is 17.3 Å². The van der Waals surface area contributed by atoms with E-state index in [0.29, 0.717) is 11.3 Å². The van der Waals surface area contributed by atoms with Gasteiger partial charge in [0.1, 0.15) is 5.75 Å². The Kier molecular flexibility index (Phi) is 3.97. The molecular formula is C18H19N3O3. The van der Waals surface area contributed by atoms with E-state index in [2.05, 4.69) is 30.9 Å². The number of carbonyl (C=O) groups excluding carboxylic acids is 1. The number of benzene rings is 1. The summed E-state index contributed by atoms with van der Waals surface area (Å²) in [5.74, 6) is 0.472. The number of methoxy groups -OCH3 is 1. The maximum absolute atomic E-state index is 12.1. The third-order valence-corrected chi connectivity index (χ3v) is 3.53. The Morgan fingerprint density at radius 2 is 2.08 bits per heavy atom. The quantitative estimate of drug-likeness (QED) is 0.643. The molecule has 24 heavy (non-hydrogen) atoms. The van der Waals surface area contributed by atoms with Gasteiger partial charge >= 0.3 is 5.97 Å². The van der Waals surface area contributed by atoms with Gasteiger partial charge in [0.15, 0.2) is 5.70 Å². The standard InChI is InChI=1S/C18H19N3O3/c1-18(2,3)21-11-12(10-19-21)8-15-17(22)24-16(20-15)13-6-5-7-14(9-13)23-4/h5-11H,1-4H3/b15-8-. The zero-order valence-electron chi connectivity index (χ0n) is 14.1. The molecule has 2 aromatic rings. The van der Waals surface area contributed by atoms with Gasteiger partial charge in [-0.2, -0.15) is 5.10 Å². The van der Waals surface area contributed by atoms with Gasteiger partial charge in [-0.3, -0.25) is 4.68 Å². The fourth-order valence-electron chi connectivity index (χ4n) is 2.22. The van der Waals surface area contributed by atoms with Crippen LogP contribution in [0.2, 0.25) is 0 Å².